The molecule has 0 atom stereocenters. The number of carbonyl (C=O) groups is 1. The van der Waals surface area contributed by atoms with E-state index in [-0.39, 0.29) is 11.5 Å². The van der Waals surface area contributed by atoms with Gasteiger partial charge >= 0.3 is 0 Å². The second-order valence-corrected chi connectivity index (χ2v) is 5.97. The monoisotopic (exact) mass is 277 g/mol. The molecule has 0 spiro atoms. The lowest BCUT2D eigenvalue weighted by molar-refractivity contribution is 0.0939. The van der Waals surface area contributed by atoms with Crippen molar-refractivity contribution in [2.75, 3.05) is 6.54 Å². The lowest BCUT2D eigenvalue weighted by Crippen LogP contribution is -2.35. The molecule has 0 radical (unpaired) electrons. The average molecular weight is 277 g/mol. The van der Waals surface area contributed by atoms with Crippen LogP contribution in [0.5, 0.6) is 0 Å². The van der Waals surface area contributed by atoms with Gasteiger partial charge in [0.05, 0.1) is 5.69 Å². The summed E-state index contributed by atoms with van der Waals surface area (Å²) < 4.78 is 0. The Bertz CT molecular complexity index is 543. The van der Waals surface area contributed by atoms with E-state index in [4.69, 9.17) is 0 Å². The summed E-state index contributed by atoms with van der Waals surface area (Å²) in [5, 5.41) is 9.14. The van der Waals surface area contributed by atoms with Gasteiger partial charge in [0.1, 0.15) is 5.56 Å². The van der Waals surface area contributed by atoms with Crippen LogP contribution in [0.4, 0.5) is 0 Å². The highest BCUT2D eigenvalue weighted by Gasteiger charge is 2.21. The number of aryl methyl sites for hydroxylation is 1. The smallest absolute Gasteiger partial charge is 0.277 e. The summed E-state index contributed by atoms with van der Waals surface area (Å²) in [5.74, 6) is 1.06. The van der Waals surface area contributed by atoms with Crippen molar-refractivity contribution in [2.24, 2.45) is 11.8 Å². The minimum Gasteiger partial charge on any atom is -0.352 e. The summed E-state index contributed by atoms with van der Waals surface area (Å²) in [6, 6.07) is 0. The molecule has 110 valence electrons. The first-order valence-electron chi connectivity index (χ1n) is 7.33. The Morgan fingerprint density at radius 3 is 2.60 bits per heavy atom. The number of hydrogen-bond acceptors (Lipinski definition) is 3. The molecule has 1 fully saturated rings. The number of hydrogen-bond donors (Lipinski definition) is 2. The SMILES string of the molecule is Cc1n[nH]c(=O)c(C(=O)NCC2CCC(C)CC2)c1C. The van der Waals surface area contributed by atoms with Crippen LogP contribution in [0.25, 0.3) is 0 Å². The molecule has 1 aliphatic carbocycles. The molecule has 1 aliphatic rings. The molecule has 1 saturated carbocycles. The molecule has 0 aliphatic heterocycles. The van der Waals surface area contributed by atoms with Crippen LogP contribution in [0.15, 0.2) is 4.79 Å². The summed E-state index contributed by atoms with van der Waals surface area (Å²) >= 11 is 0. The fourth-order valence-corrected chi connectivity index (χ4v) is 2.76. The van der Waals surface area contributed by atoms with E-state index in [0.29, 0.717) is 23.7 Å². The fourth-order valence-electron chi connectivity index (χ4n) is 2.76. The Morgan fingerprint density at radius 2 is 1.95 bits per heavy atom. The van der Waals surface area contributed by atoms with E-state index in [0.717, 1.165) is 18.8 Å². The van der Waals surface area contributed by atoms with Gasteiger partial charge < -0.3 is 5.32 Å². The van der Waals surface area contributed by atoms with Crippen LogP contribution >= 0.6 is 0 Å². The first kappa shape index (κ1) is 14.8. The standard InChI is InChI=1S/C15H23N3O2/c1-9-4-6-12(7-5-9)8-16-14(19)13-10(2)11(3)17-18-15(13)20/h9,12H,4-8H2,1-3H3,(H,16,19)(H,18,20). The maximum atomic E-state index is 12.2. The first-order valence-corrected chi connectivity index (χ1v) is 7.33. The summed E-state index contributed by atoms with van der Waals surface area (Å²) in [6.45, 7) is 6.47. The molecule has 1 heterocycles. The van der Waals surface area contributed by atoms with Crippen molar-refractivity contribution < 1.29 is 4.79 Å². The highest BCUT2D eigenvalue weighted by Crippen LogP contribution is 2.27. The third-order valence-electron chi connectivity index (χ3n) is 4.38. The number of rotatable bonds is 3. The van der Waals surface area contributed by atoms with E-state index in [2.05, 4.69) is 22.4 Å². The van der Waals surface area contributed by atoms with Gasteiger partial charge in [-0.25, -0.2) is 5.10 Å². The number of aromatic amines is 1. The molecule has 0 saturated heterocycles. The number of aromatic nitrogens is 2. The lowest BCUT2D eigenvalue weighted by Gasteiger charge is -2.26. The molecule has 0 aromatic carbocycles. The molecule has 20 heavy (non-hydrogen) atoms. The van der Waals surface area contributed by atoms with Gasteiger partial charge in [0, 0.05) is 6.54 Å². The molecule has 1 aromatic heterocycles. The van der Waals surface area contributed by atoms with E-state index in [1.807, 2.05) is 0 Å². The molecule has 5 heteroatoms. The van der Waals surface area contributed by atoms with Gasteiger partial charge in [-0.1, -0.05) is 19.8 Å². The van der Waals surface area contributed by atoms with Crippen LogP contribution in [0.1, 0.15) is 54.2 Å². The summed E-state index contributed by atoms with van der Waals surface area (Å²) in [7, 11) is 0. The predicted octanol–water partition coefficient (Wildman–Crippen LogP) is 1.94. The highest BCUT2D eigenvalue weighted by atomic mass is 16.2. The molecule has 5 nitrogen and oxygen atoms in total. The third kappa shape index (κ3) is 3.26. The normalized spacial score (nSPS) is 22.6. The van der Waals surface area contributed by atoms with E-state index in [1.165, 1.54) is 12.8 Å². The van der Waals surface area contributed by atoms with Gasteiger partial charge in [-0.3, -0.25) is 9.59 Å². The van der Waals surface area contributed by atoms with Crippen molar-refractivity contribution in [1.29, 1.82) is 0 Å². The Labute approximate surface area is 119 Å². The minimum absolute atomic E-state index is 0.196. The molecular weight excluding hydrogens is 254 g/mol. The van der Waals surface area contributed by atoms with Gasteiger partial charge in [0.2, 0.25) is 0 Å². The Kier molecular flexibility index (Phi) is 4.57. The van der Waals surface area contributed by atoms with Crippen LogP contribution in [-0.2, 0) is 0 Å². The van der Waals surface area contributed by atoms with Crippen LogP contribution in [0.2, 0.25) is 0 Å². The molecule has 1 amide bonds. The Hall–Kier alpha value is -1.65. The van der Waals surface area contributed by atoms with Gasteiger partial charge in [-0.2, -0.15) is 5.10 Å². The van der Waals surface area contributed by atoms with Crippen molar-refractivity contribution in [3.63, 3.8) is 0 Å². The zero-order valence-corrected chi connectivity index (χ0v) is 12.5. The van der Waals surface area contributed by atoms with E-state index < -0.39 is 5.56 Å². The zero-order valence-electron chi connectivity index (χ0n) is 12.5. The summed E-state index contributed by atoms with van der Waals surface area (Å²) in [5.41, 5.74) is 1.12. The van der Waals surface area contributed by atoms with E-state index >= 15 is 0 Å². The van der Waals surface area contributed by atoms with E-state index in [1.54, 1.807) is 13.8 Å². The van der Waals surface area contributed by atoms with Gasteiger partial charge in [0.25, 0.3) is 11.5 Å². The molecule has 2 rings (SSSR count). The molecule has 2 N–H and O–H groups in total. The summed E-state index contributed by atoms with van der Waals surface area (Å²) in [6.07, 6.45) is 4.78. The van der Waals surface area contributed by atoms with Crippen LogP contribution in [0, 0.1) is 25.7 Å². The van der Waals surface area contributed by atoms with Crippen molar-refractivity contribution in [1.82, 2.24) is 15.5 Å². The third-order valence-corrected chi connectivity index (χ3v) is 4.38. The number of nitrogens with zero attached hydrogens (tertiary/aromatic N) is 1. The Morgan fingerprint density at radius 1 is 1.30 bits per heavy atom. The zero-order chi connectivity index (χ0) is 14.7. The maximum absolute atomic E-state index is 12.2. The van der Waals surface area contributed by atoms with Crippen LogP contribution in [0.3, 0.4) is 0 Å². The largest absolute Gasteiger partial charge is 0.352 e. The average Bonchev–Trinajstić information content (AvgIpc) is 2.43. The number of H-pyrrole nitrogens is 1. The number of carbonyl (C=O) groups excluding carboxylic acids is 1. The molecular formula is C15H23N3O2. The van der Waals surface area contributed by atoms with Crippen molar-refractivity contribution >= 4 is 5.91 Å². The van der Waals surface area contributed by atoms with E-state index in [9.17, 15) is 9.59 Å². The highest BCUT2D eigenvalue weighted by molar-refractivity contribution is 5.95. The molecule has 1 aromatic rings. The Balaban J connectivity index is 1.99. The summed E-state index contributed by atoms with van der Waals surface area (Å²) in [4.78, 5) is 23.9. The molecule has 0 unspecified atom stereocenters. The number of nitrogens with one attached hydrogen (secondary N) is 2. The molecule has 0 bridgehead atoms. The predicted molar refractivity (Wildman–Crippen MR) is 77.8 cm³/mol. The minimum atomic E-state index is -0.414. The van der Waals surface area contributed by atoms with Crippen molar-refractivity contribution in [3.05, 3.63) is 27.2 Å². The first-order chi connectivity index (χ1) is 9.49. The van der Waals surface area contributed by atoms with Crippen molar-refractivity contribution in [2.45, 2.75) is 46.5 Å². The van der Waals surface area contributed by atoms with Gasteiger partial charge in [0.15, 0.2) is 0 Å². The maximum Gasteiger partial charge on any atom is 0.277 e. The topological polar surface area (TPSA) is 74.8 Å². The lowest BCUT2D eigenvalue weighted by atomic mass is 9.83. The van der Waals surface area contributed by atoms with Gasteiger partial charge in [-0.05, 0) is 44.1 Å². The van der Waals surface area contributed by atoms with Crippen molar-refractivity contribution in [3.8, 4) is 0 Å². The second kappa shape index (κ2) is 6.20. The van der Waals surface area contributed by atoms with Crippen LogP contribution < -0.4 is 10.9 Å². The second-order valence-electron chi connectivity index (χ2n) is 5.97. The van der Waals surface area contributed by atoms with Gasteiger partial charge in [-0.15, -0.1) is 0 Å². The quantitative estimate of drug-likeness (QED) is 0.886. The number of amides is 1. The van der Waals surface area contributed by atoms with Crippen LogP contribution in [-0.4, -0.2) is 22.6 Å². The fraction of sp³-hybridized carbons (Fsp3) is 0.667.